The normalized spacial score (nSPS) is 12.0. The number of halogens is 4. The van der Waals surface area contributed by atoms with Crippen LogP contribution >= 0.6 is 64.4 Å². The van der Waals surface area contributed by atoms with Gasteiger partial charge >= 0.3 is 68.3 Å². The van der Waals surface area contributed by atoms with Crippen LogP contribution in [0.3, 0.4) is 0 Å². The average Bonchev–Trinajstić information content (AvgIpc) is 0.722. The van der Waals surface area contributed by atoms with E-state index in [1.165, 1.54) is 0 Å². The molecule has 0 aliphatic rings. The molecule has 0 aliphatic carbocycles. The minimum atomic E-state index is -1.78. The summed E-state index contributed by atoms with van der Waals surface area (Å²) in [6.45, 7) is 0. The Hall–Kier alpha value is 2.77. The van der Waals surface area contributed by atoms with Gasteiger partial charge in [-0.05, 0) is 0 Å². The van der Waals surface area contributed by atoms with Gasteiger partial charge < -0.3 is 0 Å². The third kappa shape index (κ3) is 20.1. The number of rotatable bonds is 0. The van der Waals surface area contributed by atoms with Crippen LogP contribution in [0.5, 0.6) is 0 Å². The van der Waals surface area contributed by atoms with Crippen molar-refractivity contribution >= 4 is 68.3 Å². The molecule has 0 heterocycles. The maximum absolute atomic E-state index is 5.61. The standard InChI is InChI=1S/BrClGeI2/c1-3(2,4)5. The Kier molecular flexibility index (Phi) is 4.56. The van der Waals surface area contributed by atoms with Gasteiger partial charge in [-0.25, -0.2) is 0 Å². The first-order valence-corrected chi connectivity index (χ1v) is 21.2. The molecule has 0 rings (SSSR count). The van der Waals surface area contributed by atoms with Crippen LogP contribution in [0.15, 0.2) is 0 Å². The first-order valence-electron chi connectivity index (χ1n) is 0.756. The second kappa shape index (κ2) is 2.93. The topological polar surface area (TPSA) is 0 Å². The van der Waals surface area contributed by atoms with Crippen molar-refractivity contribution in [3.63, 3.8) is 0 Å². The Morgan fingerprint density at radius 3 is 1.60 bits per heavy atom. The molecule has 0 radical (unpaired) electrons. The molecule has 0 saturated carbocycles. The fraction of sp³-hybridized carbons (Fsp3) is 0. The van der Waals surface area contributed by atoms with E-state index in [2.05, 4.69) is 54.4 Å². The Balaban J connectivity index is 3.02. The second-order valence-electron chi connectivity index (χ2n) is 0.429. The van der Waals surface area contributed by atoms with Gasteiger partial charge in [0.15, 0.2) is 0 Å². The summed E-state index contributed by atoms with van der Waals surface area (Å²) in [5, 5.41) is 0. The van der Waals surface area contributed by atoms with E-state index in [1.54, 1.807) is 0 Å². The molecule has 0 bridgehead atoms. The van der Waals surface area contributed by atoms with Gasteiger partial charge in [0.2, 0.25) is 0 Å². The predicted octanol–water partition coefficient (Wildman–Crippen LogP) is 2.93. The summed E-state index contributed by atoms with van der Waals surface area (Å²) in [6, 6.07) is 0. The fourth-order valence-corrected chi connectivity index (χ4v) is 0. The van der Waals surface area contributed by atoms with Crippen LogP contribution in [0.2, 0.25) is 0 Å². The van der Waals surface area contributed by atoms with Crippen molar-refractivity contribution in [3.8, 4) is 0 Å². The number of hydrogen-bond donors (Lipinski definition) is 0. The van der Waals surface area contributed by atoms with E-state index >= 15 is 0 Å². The van der Waals surface area contributed by atoms with E-state index in [4.69, 9.17) is 10.0 Å². The van der Waals surface area contributed by atoms with E-state index in [1.807, 2.05) is 0 Å². The zero-order valence-corrected chi connectivity index (χ0v) is 10.8. The quantitative estimate of drug-likeness (QED) is 0.401. The third-order valence-electron chi connectivity index (χ3n) is 0. The van der Waals surface area contributed by atoms with Crippen LogP contribution < -0.4 is 0 Å². The van der Waals surface area contributed by atoms with Crippen molar-refractivity contribution in [2.24, 2.45) is 0 Å². The SMILES string of the molecule is [Cl][Ge]([Br])([I])[I]. The summed E-state index contributed by atoms with van der Waals surface area (Å²) >= 11 is 7.77. The summed E-state index contributed by atoms with van der Waals surface area (Å²) in [5.74, 6) is 0. The number of hydrogen-bond acceptors (Lipinski definition) is 0. The molecule has 0 aliphatic heterocycles. The summed E-state index contributed by atoms with van der Waals surface area (Å²) in [4.78, 5) is 0. The van der Waals surface area contributed by atoms with Crippen LogP contribution in [0, 0.1) is 0 Å². The summed E-state index contributed by atoms with van der Waals surface area (Å²) < 4.78 is -1.78. The third-order valence-corrected chi connectivity index (χ3v) is 0. The van der Waals surface area contributed by atoms with Gasteiger partial charge in [0, 0.05) is 0 Å². The van der Waals surface area contributed by atoms with Gasteiger partial charge in [-0.1, -0.05) is 0 Å². The van der Waals surface area contributed by atoms with Crippen LogP contribution in [-0.2, 0) is 0 Å². The molecule has 0 unspecified atom stereocenters. The molecule has 0 amide bonds. The minimum absolute atomic E-state index is 1.78. The molecular weight excluding hydrogens is 442 g/mol. The van der Waals surface area contributed by atoms with E-state index in [-0.39, 0.29) is 0 Å². The van der Waals surface area contributed by atoms with Crippen molar-refractivity contribution in [2.45, 2.75) is 0 Å². The van der Waals surface area contributed by atoms with E-state index < -0.39 is 3.88 Å². The second-order valence-corrected chi connectivity index (χ2v) is 63.3. The van der Waals surface area contributed by atoms with Gasteiger partial charge in [-0.15, -0.1) is 0 Å². The molecular formula is BrClGeI2. The fourth-order valence-electron chi connectivity index (χ4n) is 0. The van der Waals surface area contributed by atoms with E-state index in [0.29, 0.717) is 0 Å². The first-order chi connectivity index (χ1) is 2.00. The van der Waals surface area contributed by atoms with Gasteiger partial charge in [0.1, 0.15) is 0 Å². The van der Waals surface area contributed by atoms with Crippen molar-refractivity contribution in [1.82, 2.24) is 0 Å². The molecule has 5 heavy (non-hydrogen) atoms. The molecule has 0 spiro atoms. The Morgan fingerprint density at radius 1 is 1.60 bits per heavy atom. The molecule has 0 aromatic rings. The van der Waals surface area contributed by atoms with Crippen molar-refractivity contribution < 1.29 is 0 Å². The molecule has 32 valence electrons. The Labute approximate surface area is 66.8 Å². The zero-order chi connectivity index (χ0) is 4.50. The Bertz CT molecular complexity index is 25.1. The zero-order valence-electron chi connectivity index (χ0n) is 2.01. The van der Waals surface area contributed by atoms with Gasteiger partial charge in [0.05, 0.1) is 0 Å². The van der Waals surface area contributed by atoms with Crippen LogP contribution in [0.25, 0.3) is 0 Å². The molecule has 0 fully saturated rings. The summed E-state index contributed by atoms with van der Waals surface area (Å²) in [6.07, 6.45) is 0. The molecule has 5 heteroatoms. The van der Waals surface area contributed by atoms with Crippen LogP contribution in [-0.4, -0.2) is 3.88 Å². The molecule has 0 atom stereocenters. The van der Waals surface area contributed by atoms with Gasteiger partial charge in [-0.3, -0.25) is 0 Å². The molecule has 0 nitrogen and oxygen atoms in total. The van der Waals surface area contributed by atoms with E-state index in [9.17, 15) is 0 Å². The van der Waals surface area contributed by atoms with Crippen LogP contribution in [0.1, 0.15) is 0 Å². The van der Waals surface area contributed by atoms with Gasteiger partial charge in [-0.2, -0.15) is 0 Å². The molecule has 0 aromatic heterocycles. The van der Waals surface area contributed by atoms with Crippen molar-refractivity contribution in [1.29, 1.82) is 0 Å². The van der Waals surface area contributed by atoms with Crippen molar-refractivity contribution in [2.75, 3.05) is 0 Å². The monoisotopic (exact) mass is 442 g/mol. The van der Waals surface area contributed by atoms with Crippen molar-refractivity contribution in [3.05, 3.63) is 0 Å². The Morgan fingerprint density at radius 2 is 1.60 bits per heavy atom. The summed E-state index contributed by atoms with van der Waals surface area (Å²) in [7, 11) is 5.61. The first kappa shape index (κ1) is 7.77. The summed E-state index contributed by atoms with van der Waals surface area (Å²) in [5.41, 5.74) is 0. The van der Waals surface area contributed by atoms with Gasteiger partial charge in [0.25, 0.3) is 0 Å². The molecule has 0 aromatic carbocycles. The molecule has 0 saturated heterocycles. The maximum atomic E-state index is 5.61. The predicted molar refractivity (Wildman–Crippen MR) is 48.6 cm³/mol. The van der Waals surface area contributed by atoms with E-state index in [0.717, 1.165) is 0 Å². The average molecular weight is 442 g/mol. The molecule has 0 N–H and O–H groups in total. The van der Waals surface area contributed by atoms with Crippen LogP contribution in [0.4, 0.5) is 0 Å².